The number of nitrogens with zero attached hydrogens (tertiary/aromatic N) is 2. The third kappa shape index (κ3) is 8.34. The van der Waals surface area contributed by atoms with E-state index in [0.717, 1.165) is 28.2 Å². The Balaban J connectivity index is 0.00000523. The van der Waals surface area contributed by atoms with Gasteiger partial charge in [-0.05, 0) is 78.4 Å². The van der Waals surface area contributed by atoms with Gasteiger partial charge in [0.05, 0.1) is 21.3 Å². The van der Waals surface area contributed by atoms with Crippen LogP contribution in [0.4, 0.5) is 11.4 Å². The smallest absolute Gasteiger partial charge is 0.748 e. The zero-order chi connectivity index (χ0) is 36.6. The number of hydrogen-bond acceptors (Lipinski definition) is 6. The van der Waals surface area contributed by atoms with E-state index in [2.05, 4.69) is 110 Å². The first-order valence-corrected chi connectivity index (χ1v) is 20.7. The summed E-state index contributed by atoms with van der Waals surface area (Å²) >= 11 is 0. The summed E-state index contributed by atoms with van der Waals surface area (Å²) in [5.74, 6) is -0.632. The first kappa shape index (κ1) is 40.1. The molecule has 6 rings (SSSR count). The number of anilines is 1. The van der Waals surface area contributed by atoms with Crippen LogP contribution in [0.25, 0.3) is 21.5 Å². The second-order valence-corrected chi connectivity index (χ2v) is 17.7. The van der Waals surface area contributed by atoms with Crippen molar-refractivity contribution in [3.8, 4) is 0 Å². The molecule has 0 amide bonds. The second-order valence-electron chi connectivity index (χ2n) is 14.6. The molecule has 0 spiro atoms. The molecular formula is C41H46N2NaO6S2+. The summed E-state index contributed by atoms with van der Waals surface area (Å²) in [5, 5.41) is 4.70. The molecule has 2 heterocycles. The minimum absolute atomic E-state index is 0. The fraction of sp³-hybridized carbons (Fsp3) is 0.341. The van der Waals surface area contributed by atoms with Gasteiger partial charge in [-0.1, -0.05) is 86.7 Å². The van der Waals surface area contributed by atoms with E-state index in [1.165, 1.54) is 27.3 Å². The average Bonchev–Trinajstić information content (AvgIpc) is 3.42. The van der Waals surface area contributed by atoms with Gasteiger partial charge in [0.15, 0.2) is 5.71 Å². The molecular weight excluding hydrogens is 704 g/mol. The van der Waals surface area contributed by atoms with Gasteiger partial charge in [0.1, 0.15) is 6.54 Å². The van der Waals surface area contributed by atoms with Gasteiger partial charge in [-0.25, -0.2) is 8.42 Å². The standard InChI is InChI=1S/C41H46N2O6S2.Na/c1-40(2)36(42(26-12-14-28-50(44,45)46)34-24-22-30-16-8-10-18-32(30)38(34)40)20-6-5-7-21-37-41(3,4)39-33-19-11-9-17-31(33)23-25-35(39)43(37)27-13-15-29-51(47,48)49;/h5-11,16-25H,12-15,26-29H2,1-4H3,(H-,44,45,46,47,48,49);/q;+1. The van der Waals surface area contributed by atoms with Crippen LogP contribution in [-0.2, 0) is 31.1 Å². The van der Waals surface area contributed by atoms with Gasteiger partial charge in [-0.3, -0.25) is 4.55 Å². The van der Waals surface area contributed by atoms with Gasteiger partial charge in [0, 0.05) is 53.2 Å². The van der Waals surface area contributed by atoms with E-state index in [1.54, 1.807) is 0 Å². The Morgan fingerprint density at radius 2 is 1.35 bits per heavy atom. The summed E-state index contributed by atoms with van der Waals surface area (Å²) in [6, 6.07) is 25.3. The first-order chi connectivity index (χ1) is 24.1. The summed E-state index contributed by atoms with van der Waals surface area (Å²) in [6.45, 7) is 10.1. The molecule has 0 fully saturated rings. The third-order valence-corrected chi connectivity index (χ3v) is 11.9. The zero-order valence-corrected chi connectivity index (χ0v) is 34.3. The summed E-state index contributed by atoms with van der Waals surface area (Å²) in [4.78, 5) is 2.26. The quantitative estimate of drug-likeness (QED) is 0.0660. The summed E-state index contributed by atoms with van der Waals surface area (Å²) < 4.78 is 68.2. The molecule has 11 heteroatoms. The Kier molecular flexibility index (Phi) is 12.1. The van der Waals surface area contributed by atoms with Crippen molar-refractivity contribution in [2.45, 2.75) is 64.2 Å². The van der Waals surface area contributed by atoms with E-state index < -0.39 is 20.2 Å². The molecule has 0 aliphatic carbocycles. The predicted molar refractivity (Wildman–Crippen MR) is 207 cm³/mol. The maximum Gasteiger partial charge on any atom is 1.00 e. The van der Waals surface area contributed by atoms with Crippen LogP contribution in [0, 0.1) is 0 Å². The average molecular weight is 750 g/mol. The van der Waals surface area contributed by atoms with Crippen molar-refractivity contribution in [2.75, 3.05) is 29.5 Å². The fourth-order valence-corrected chi connectivity index (χ4v) is 9.14. The van der Waals surface area contributed by atoms with Gasteiger partial charge in [0.2, 0.25) is 5.69 Å². The van der Waals surface area contributed by atoms with Crippen LogP contribution >= 0.6 is 0 Å². The maximum atomic E-state index is 11.4. The molecule has 0 bridgehead atoms. The van der Waals surface area contributed by atoms with Crippen molar-refractivity contribution in [1.29, 1.82) is 0 Å². The van der Waals surface area contributed by atoms with E-state index in [1.807, 2.05) is 30.4 Å². The topological polar surface area (TPSA) is 118 Å². The van der Waals surface area contributed by atoms with E-state index in [4.69, 9.17) is 0 Å². The third-order valence-electron chi connectivity index (χ3n) is 10.3. The van der Waals surface area contributed by atoms with E-state index >= 15 is 0 Å². The Bertz CT molecular complexity index is 2340. The van der Waals surface area contributed by atoms with Crippen molar-refractivity contribution < 1.29 is 60.1 Å². The normalized spacial score (nSPS) is 17.5. The molecule has 8 nitrogen and oxygen atoms in total. The molecule has 0 aromatic heterocycles. The number of allylic oxidation sites excluding steroid dienone is 6. The van der Waals surface area contributed by atoms with Crippen molar-refractivity contribution >= 4 is 58.9 Å². The number of hydrogen-bond donors (Lipinski definition) is 1. The summed E-state index contributed by atoms with van der Waals surface area (Å²) in [6.07, 6.45) is 12.2. The number of benzene rings is 4. The molecule has 0 saturated heterocycles. The molecule has 0 saturated carbocycles. The van der Waals surface area contributed by atoms with Crippen LogP contribution in [0.3, 0.4) is 0 Å². The molecule has 0 unspecified atom stereocenters. The second kappa shape index (κ2) is 15.7. The molecule has 2 aliphatic heterocycles. The Morgan fingerprint density at radius 1 is 0.731 bits per heavy atom. The van der Waals surface area contributed by atoms with Crippen LogP contribution in [0.2, 0.25) is 0 Å². The van der Waals surface area contributed by atoms with Crippen molar-refractivity contribution in [1.82, 2.24) is 0 Å². The molecule has 4 aromatic carbocycles. The van der Waals surface area contributed by atoms with Crippen LogP contribution < -0.4 is 34.5 Å². The Hall–Kier alpha value is -3.09. The molecule has 1 N–H and O–H groups in total. The number of rotatable bonds is 13. The molecule has 268 valence electrons. The van der Waals surface area contributed by atoms with Gasteiger partial charge >= 0.3 is 29.6 Å². The minimum Gasteiger partial charge on any atom is -0.748 e. The molecule has 52 heavy (non-hydrogen) atoms. The predicted octanol–water partition coefficient (Wildman–Crippen LogP) is 5.16. The van der Waals surface area contributed by atoms with Gasteiger partial charge in [-0.2, -0.15) is 13.0 Å². The van der Waals surface area contributed by atoms with Gasteiger partial charge in [0.25, 0.3) is 10.1 Å². The van der Waals surface area contributed by atoms with Crippen molar-refractivity contribution in [2.24, 2.45) is 0 Å². The Labute approximate surface area is 330 Å². The fourth-order valence-electron chi connectivity index (χ4n) is 8.01. The van der Waals surface area contributed by atoms with E-state index in [-0.39, 0.29) is 51.9 Å². The van der Waals surface area contributed by atoms with E-state index in [9.17, 15) is 25.9 Å². The molecule has 0 atom stereocenters. The van der Waals surface area contributed by atoms with Crippen LogP contribution in [0.1, 0.15) is 64.5 Å². The van der Waals surface area contributed by atoms with Crippen LogP contribution in [0.5, 0.6) is 0 Å². The summed E-state index contributed by atoms with van der Waals surface area (Å²) in [7, 11) is -8.29. The van der Waals surface area contributed by atoms with Gasteiger partial charge < -0.3 is 9.45 Å². The monoisotopic (exact) mass is 749 g/mol. The Morgan fingerprint density at radius 3 is 2.00 bits per heavy atom. The molecule has 4 aromatic rings. The number of unbranched alkanes of at least 4 members (excludes halogenated alkanes) is 2. The van der Waals surface area contributed by atoms with Crippen LogP contribution in [-0.4, -0.2) is 60.8 Å². The van der Waals surface area contributed by atoms with Crippen molar-refractivity contribution in [3.63, 3.8) is 0 Å². The van der Waals surface area contributed by atoms with Gasteiger partial charge in [-0.15, -0.1) is 0 Å². The summed E-state index contributed by atoms with van der Waals surface area (Å²) in [5.41, 5.74) is 6.20. The first-order valence-electron chi connectivity index (χ1n) is 17.5. The number of fused-ring (bicyclic) bond motifs is 6. The minimum atomic E-state index is -4.27. The van der Waals surface area contributed by atoms with Crippen molar-refractivity contribution in [3.05, 3.63) is 120 Å². The van der Waals surface area contributed by atoms with Crippen LogP contribution in [0.15, 0.2) is 109 Å². The molecule has 0 radical (unpaired) electrons. The maximum absolute atomic E-state index is 11.4. The molecule has 2 aliphatic rings. The zero-order valence-electron chi connectivity index (χ0n) is 30.7. The largest absolute Gasteiger partial charge is 1.00 e. The SMILES string of the molecule is CC1(C)C(=CC=CC=CC2=[N+](CCCCS(=O)(=O)O)c3ccc4ccccc4c3C2(C)C)N(CCCCS(=O)(=O)[O-])c2ccc3ccccc3c21.[Na+]. The van der Waals surface area contributed by atoms with E-state index in [0.29, 0.717) is 38.8 Å².